The minimum Gasteiger partial charge on any atom is -0.374 e. The first-order valence-corrected chi connectivity index (χ1v) is 4.60. The number of pyridine rings is 1. The smallest absolute Gasteiger partial charge is 0.221 e. The molecule has 4 N–H and O–H groups in total. The Morgan fingerprint density at radius 3 is 2.94 bits per heavy atom. The lowest BCUT2D eigenvalue weighted by Crippen LogP contribution is -2.22. The number of aliphatic hydroxyl groups excluding tert-OH is 1. The maximum atomic E-state index is 10.8. The Morgan fingerprint density at radius 1 is 1.75 bits per heavy atom. The molecule has 0 aliphatic heterocycles. The molecule has 0 saturated heterocycles. The molecule has 1 amide bonds. The molecular weight excluding hydrogens is 208 g/mol. The van der Waals surface area contributed by atoms with Crippen LogP contribution in [0.5, 0.6) is 0 Å². The van der Waals surface area contributed by atoms with Crippen molar-refractivity contribution in [1.82, 2.24) is 10.3 Å². The number of nitriles is 1. The van der Waals surface area contributed by atoms with Gasteiger partial charge in [-0.2, -0.15) is 5.26 Å². The summed E-state index contributed by atoms with van der Waals surface area (Å²) in [5.74, 6) is -0.540. The van der Waals surface area contributed by atoms with Crippen molar-refractivity contribution in [2.75, 3.05) is 7.05 Å². The van der Waals surface area contributed by atoms with E-state index >= 15 is 0 Å². The first kappa shape index (κ1) is 12.1. The van der Waals surface area contributed by atoms with Crippen LogP contribution in [0.3, 0.4) is 0 Å². The van der Waals surface area contributed by atoms with E-state index in [4.69, 9.17) is 11.0 Å². The van der Waals surface area contributed by atoms with Crippen molar-refractivity contribution in [2.24, 2.45) is 5.73 Å². The summed E-state index contributed by atoms with van der Waals surface area (Å²) in [6, 6.07) is 1.91. The Bertz CT molecular complexity index is 439. The number of carbonyl (C=O) groups excluding carboxylic acids is 1. The second-order valence-electron chi connectivity index (χ2n) is 3.21. The third-order valence-electron chi connectivity index (χ3n) is 2.10. The zero-order valence-corrected chi connectivity index (χ0v) is 8.77. The van der Waals surface area contributed by atoms with E-state index in [1.807, 2.05) is 6.07 Å². The van der Waals surface area contributed by atoms with Crippen LogP contribution in [0.1, 0.15) is 22.9 Å². The molecule has 1 rings (SSSR count). The monoisotopic (exact) mass is 220 g/mol. The molecule has 6 nitrogen and oxygen atoms in total. The fourth-order valence-corrected chi connectivity index (χ4v) is 1.40. The topological polar surface area (TPSA) is 112 Å². The number of amides is 1. The fraction of sp³-hybridized carbons (Fsp3) is 0.300. The van der Waals surface area contributed by atoms with Gasteiger partial charge in [0.15, 0.2) is 0 Å². The molecule has 0 aromatic carbocycles. The number of aliphatic hydroxyl groups is 1. The zero-order valence-electron chi connectivity index (χ0n) is 8.77. The van der Waals surface area contributed by atoms with Crippen molar-refractivity contribution in [3.8, 4) is 6.07 Å². The maximum absolute atomic E-state index is 10.8. The maximum Gasteiger partial charge on any atom is 0.221 e. The van der Waals surface area contributed by atoms with Crippen molar-refractivity contribution in [1.29, 1.82) is 5.26 Å². The number of hydrogen-bond acceptors (Lipinski definition) is 5. The van der Waals surface area contributed by atoms with Crippen molar-refractivity contribution in [2.45, 2.75) is 12.6 Å². The second-order valence-corrected chi connectivity index (χ2v) is 3.21. The van der Waals surface area contributed by atoms with E-state index in [-0.39, 0.29) is 12.0 Å². The van der Waals surface area contributed by atoms with Gasteiger partial charge in [-0.15, -0.1) is 0 Å². The van der Waals surface area contributed by atoms with Crippen molar-refractivity contribution < 1.29 is 9.90 Å². The van der Waals surface area contributed by atoms with Gasteiger partial charge in [-0.1, -0.05) is 0 Å². The molecule has 1 unspecified atom stereocenters. The van der Waals surface area contributed by atoms with Crippen LogP contribution in [0.25, 0.3) is 0 Å². The number of rotatable bonds is 4. The minimum absolute atomic E-state index is 0.0589. The van der Waals surface area contributed by atoms with Crippen LogP contribution in [-0.4, -0.2) is 23.0 Å². The van der Waals surface area contributed by atoms with Crippen LogP contribution in [-0.2, 0) is 11.2 Å². The zero-order chi connectivity index (χ0) is 12.1. The average Bonchev–Trinajstić information content (AvgIpc) is 2.27. The summed E-state index contributed by atoms with van der Waals surface area (Å²) < 4.78 is 0. The number of carbonyl (C=O) groups is 1. The van der Waals surface area contributed by atoms with Gasteiger partial charge in [0.2, 0.25) is 5.91 Å². The van der Waals surface area contributed by atoms with E-state index in [0.717, 1.165) is 0 Å². The number of nitrogens with one attached hydrogen (secondary N) is 1. The lowest BCUT2D eigenvalue weighted by molar-refractivity contribution is -0.117. The molecule has 6 heteroatoms. The van der Waals surface area contributed by atoms with Crippen LogP contribution < -0.4 is 11.1 Å². The molecule has 84 valence electrons. The minimum atomic E-state index is -1.02. The SMILES string of the molecule is CNC(O)c1c(C#N)cncc1CC(N)=O. The molecule has 1 aromatic rings. The van der Waals surface area contributed by atoms with E-state index in [0.29, 0.717) is 11.1 Å². The highest BCUT2D eigenvalue weighted by Gasteiger charge is 2.17. The van der Waals surface area contributed by atoms with Crippen molar-refractivity contribution in [3.63, 3.8) is 0 Å². The normalized spacial score (nSPS) is 11.8. The number of nitrogens with zero attached hydrogens (tertiary/aromatic N) is 2. The lowest BCUT2D eigenvalue weighted by Gasteiger charge is -2.14. The summed E-state index contributed by atoms with van der Waals surface area (Å²) in [5.41, 5.74) is 6.10. The molecule has 0 radical (unpaired) electrons. The van der Waals surface area contributed by atoms with Crippen LogP contribution in [0, 0.1) is 11.3 Å². The molecule has 0 bridgehead atoms. The Labute approximate surface area is 92.7 Å². The number of aromatic nitrogens is 1. The highest BCUT2D eigenvalue weighted by atomic mass is 16.3. The molecule has 0 fully saturated rings. The predicted octanol–water partition coefficient (Wildman–Crippen LogP) is -0.809. The molecule has 0 aliphatic carbocycles. The van der Waals surface area contributed by atoms with Gasteiger partial charge >= 0.3 is 0 Å². The van der Waals surface area contributed by atoms with Gasteiger partial charge < -0.3 is 10.8 Å². The first-order chi connectivity index (χ1) is 7.60. The van der Waals surface area contributed by atoms with Gasteiger partial charge in [-0.05, 0) is 12.6 Å². The van der Waals surface area contributed by atoms with Gasteiger partial charge in [-0.25, -0.2) is 0 Å². The summed E-state index contributed by atoms with van der Waals surface area (Å²) in [6.45, 7) is 0. The van der Waals surface area contributed by atoms with Gasteiger partial charge in [0, 0.05) is 18.0 Å². The van der Waals surface area contributed by atoms with E-state index in [9.17, 15) is 9.90 Å². The van der Waals surface area contributed by atoms with Crippen molar-refractivity contribution >= 4 is 5.91 Å². The van der Waals surface area contributed by atoms with Crippen LogP contribution >= 0.6 is 0 Å². The summed E-state index contributed by atoms with van der Waals surface area (Å²) >= 11 is 0. The Balaban J connectivity index is 3.26. The second kappa shape index (κ2) is 5.21. The highest BCUT2D eigenvalue weighted by Crippen LogP contribution is 2.19. The molecular formula is C10H12N4O2. The Morgan fingerprint density at radius 2 is 2.44 bits per heavy atom. The standard InChI is InChI=1S/C10H12N4O2/c1-13-10(16)9-6(2-8(12)15)4-14-5-7(9)3-11/h4-5,10,13,16H,2H2,1H3,(H2,12,15). The highest BCUT2D eigenvalue weighted by molar-refractivity contribution is 5.77. The molecule has 1 aromatic heterocycles. The molecule has 0 spiro atoms. The van der Waals surface area contributed by atoms with Gasteiger partial charge in [0.25, 0.3) is 0 Å². The first-order valence-electron chi connectivity index (χ1n) is 4.60. The van der Waals surface area contributed by atoms with E-state index in [1.165, 1.54) is 12.4 Å². The van der Waals surface area contributed by atoms with E-state index in [1.54, 1.807) is 7.05 Å². The van der Waals surface area contributed by atoms with Crippen LogP contribution in [0.4, 0.5) is 0 Å². The van der Waals surface area contributed by atoms with E-state index < -0.39 is 12.1 Å². The molecule has 0 aliphatic rings. The third-order valence-corrected chi connectivity index (χ3v) is 2.10. The van der Waals surface area contributed by atoms with Crippen LogP contribution in [0.15, 0.2) is 12.4 Å². The predicted molar refractivity (Wildman–Crippen MR) is 55.9 cm³/mol. The quantitative estimate of drug-likeness (QED) is 0.574. The Kier molecular flexibility index (Phi) is 3.94. The summed E-state index contributed by atoms with van der Waals surface area (Å²) in [7, 11) is 1.54. The van der Waals surface area contributed by atoms with Gasteiger partial charge in [0.05, 0.1) is 12.0 Å². The Hall–Kier alpha value is -1.97. The molecule has 1 atom stereocenters. The number of primary amides is 1. The van der Waals surface area contributed by atoms with Crippen LogP contribution in [0.2, 0.25) is 0 Å². The van der Waals surface area contributed by atoms with Crippen molar-refractivity contribution in [3.05, 3.63) is 29.1 Å². The lowest BCUT2D eigenvalue weighted by atomic mass is 10.0. The van der Waals surface area contributed by atoms with Gasteiger partial charge in [0.1, 0.15) is 12.3 Å². The molecule has 1 heterocycles. The van der Waals surface area contributed by atoms with Gasteiger partial charge in [-0.3, -0.25) is 15.1 Å². The number of hydrogen-bond donors (Lipinski definition) is 3. The van der Waals surface area contributed by atoms with E-state index in [2.05, 4.69) is 10.3 Å². The number of nitrogens with two attached hydrogens (primary N) is 1. The summed E-state index contributed by atoms with van der Waals surface area (Å²) in [5, 5.41) is 21.2. The average molecular weight is 220 g/mol. The summed E-state index contributed by atoms with van der Waals surface area (Å²) in [4.78, 5) is 14.7. The molecule has 16 heavy (non-hydrogen) atoms. The molecule has 0 saturated carbocycles. The fourth-order valence-electron chi connectivity index (χ4n) is 1.40. The third kappa shape index (κ3) is 2.53. The summed E-state index contributed by atoms with van der Waals surface area (Å²) in [6.07, 6.45) is 1.67. The largest absolute Gasteiger partial charge is 0.374 e.